The Morgan fingerprint density at radius 1 is 0.889 bits per heavy atom. The molecule has 4 fully saturated rings. The van der Waals surface area contributed by atoms with Gasteiger partial charge in [0.1, 0.15) is 0 Å². The van der Waals surface area contributed by atoms with E-state index in [1.54, 1.807) is 0 Å². The van der Waals surface area contributed by atoms with Crippen molar-refractivity contribution in [1.29, 1.82) is 0 Å². The van der Waals surface area contributed by atoms with Gasteiger partial charge in [-0.3, -0.25) is 0 Å². The van der Waals surface area contributed by atoms with Crippen LogP contribution in [0.4, 0.5) is 0 Å². The average Bonchev–Trinajstić information content (AvgIpc) is 2.98. The summed E-state index contributed by atoms with van der Waals surface area (Å²) in [4.78, 5) is 0. The first kappa shape index (κ1) is 20.0. The van der Waals surface area contributed by atoms with E-state index in [0.717, 1.165) is 41.9 Å². The Labute approximate surface area is 168 Å². The third kappa shape index (κ3) is 3.34. The van der Waals surface area contributed by atoms with Crippen LogP contribution in [0.1, 0.15) is 97.8 Å². The molecule has 0 aromatic heterocycles. The van der Waals surface area contributed by atoms with Crippen LogP contribution >= 0.6 is 0 Å². The summed E-state index contributed by atoms with van der Waals surface area (Å²) < 4.78 is 0. The van der Waals surface area contributed by atoms with Crippen molar-refractivity contribution in [3.8, 4) is 0 Å². The van der Waals surface area contributed by atoms with E-state index in [1.807, 2.05) is 6.08 Å². The average molecular weight is 373 g/mol. The molecule has 1 heteroatoms. The maximum atomic E-state index is 8.92. The van der Waals surface area contributed by atoms with Gasteiger partial charge in [-0.25, -0.2) is 0 Å². The van der Waals surface area contributed by atoms with Gasteiger partial charge < -0.3 is 5.11 Å². The molecule has 0 radical (unpaired) electrons. The first-order chi connectivity index (χ1) is 13.0. The van der Waals surface area contributed by atoms with Gasteiger partial charge in [0.05, 0.1) is 6.61 Å². The van der Waals surface area contributed by atoms with Crippen molar-refractivity contribution in [1.82, 2.24) is 0 Å². The summed E-state index contributed by atoms with van der Waals surface area (Å²) in [6.45, 7) is 8.21. The van der Waals surface area contributed by atoms with Crippen molar-refractivity contribution >= 4 is 0 Å². The van der Waals surface area contributed by atoms with E-state index in [9.17, 15) is 0 Å². The van der Waals surface area contributed by atoms with E-state index < -0.39 is 0 Å². The zero-order chi connectivity index (χ0) is 19.1. The Kier molecular flexibility index (Phi) is 5.81. The molecule has 0 aromatic rings. The van der Waals surface area contributed by atoms with Crippen molar-refractivity contribution in [2.75, 3.05) is 6.61 Å². The van der Waals surface area contributed by atoms with Crippen molar-refractivity contribution in [3.05, 3.63) is 12.2 Å². The van der Waals surface area contributed by atoms with E-state index >= 15 is 0 Å². The number of hydrogen-bond donors (Lipinski definition) is 1. The number of fused-ring (bicyclic) bond motifs is 5. The van der Waals surface area contributed by atoms with Gasteiger partial charge in [0.25, 0.3) is 0 Å². The van der Waals surface area contributed by atoms with Gasteiger partial charge in [0.15, 0.2) is 0 Å². The fourth-order valence-electron chi connectivity index (χ4n) is 9.07. The number of unbranched alkanes of at least 4 members (excludes halogenated alkanes) is 1. The lowest BCUT2D eigenvalue weighted by Gasteiger charge is -2.62. The highest BCUT2D eigenvalue weighted by Gasteiger charge is 2.60. The lowest BCUT2D eigenvalue weighted by molar-refractivity contribution is -0.131. The summed E-state index contributed by atoms with van der Waals surface area (Å²) >= 11 is 0. The molecule has 0 aliphatic heterocycles. The van der Waals surface area contributed by atoms with E-state index in [0.29, 0.717) is 10.8 Å². The van der Waals surface area contributed by atoms with Crippen LogP contribution in [-0.2, 0) is 0 Å². The smallest absolute Gasteiger partial charge is 0.0612 e. The predicted octanol–water partition coefficient (Wildman–Crippen LogP) is 7.00. The van der Waals surface area contributed by atoms with Gasteiger partial charge in [-0.1, -0.05) is 45.8 Å². The number of allylic oxidation sites excluding steroid dienone is 1. The monoisotopic (exact) mass is 372 g/mol. The Hall–Kier alpha value is -0.300. The minimum atomic E-state index is 0.199. The van der Waals surface area contributed by atoms with Crippen LogP contribution in [0.15, 0.2) is 12.2 Å². The molecule has 27 heavy (non-hydrogen) atoms. The lowest BCUT2D eigenvalue weighted by atomic mass is 9.43. The number of rotatable bonds is 5. The minimum Gasteiger partial charge on any atom is -0.392 e. The highest BCUT2D eigenvalue weighted by molar-refractivity contribution is 5.09. The molecule has 4 aliphatic rings. The number of aliphatic hydroxyl groups excluding tert-OH is 1. The molecule has 1 N–H and O–H groups in total. The fourth-order valence-corrected chi connectivity index (χ4v) is 9.07. The molecule has 6 unspecified atom stereocenters. The van der Waals surface area contributed by atoms with E-state index in [1.165, 1.54) is 70.6 Å². The Morgan fingerprint density at radius 2 is 1.70 bits per heavy atom. The second kappa shape index (κ2) is 7.85. The minimum absolute atomic E-state index is 0.199. The zero-order valence-corrected chi connectivity index (χ0v) is 18.3. The van der Waals surface area contributed by atoms with Gasteiger partial charge >= 0.3 is 0 Å². The second-order valence-corrected chi connectivity index (χ2v) is 11.4. The molecule has 1 nitrogen and oxygen atoms in total. The van der Waals surface area contributed by atoms with E-state index in [4.69, 9.17) is 5.11 Å². The van der Waals surface area contributed by atoms with E-state index in [2.05, 4.69) is 26.8 Å². The molecule has 0 aromatic carbocycles. The summed E-state index contributed by atoms with van der Waals surface area (Å²) in [5, 5.41) is 8.92. The van der Waals surface area contributed by atoms with Crippen LogP contribution in [0.5, 0.6) is 0 Å². The summed E-state index contributed by atoms with van der Waals surface area (Å²) in [5.41, 5.74) is 1.29. The molecule has 0 heterocycles. The number of hydrogen-bond acceptors (Lipinski definition) is 1. The molecular weight excluding hydrogens is 328 g/mol. The van der Waals surface area contributed by atoms with Crippen molar-refractivity contribution in [2.24, 2.45) is 46.3 Å². The standard InChI is InChI=1S/C26H44O/c1-19-18-21-23-13-12-20(10-6-4-5-9-17-27)25(23,2)16-14-24(21)26(3)15-8-7-11-22(19)26/h5,9,19-24,27H,4,6-8,10-18H2,1-3H3/t19-,20?,21?,22?,23?,24-,25?,26?/m0/s1. The van der Waals surface area contributed by atoms with E-state index in [-0.39, 0.29) is 6.61 Å². The topological polar surface area (TPSA) is 20.2 Å². The van der Waals surface area contributed by atoms with Crippen LogP contribution in [-0.4, -0.2) is 11.7 Å². The molecule has 0 bridgehead atoms. The third-order valence-corrected chi connectivity index (χ3v) is 10.3. The fraction of sp³-hybridized carbons (Fsp3) is 0.923. The van der Waals surface area contributed by atoms with Crippen LogP contribution in [0.2, 0.25) is 0 Å². The number of aliphatic hydroxyl groups is 1. The van der Waals surface area contributed by atoms with Gasteiger partial charge in [-0.15, -0.1) is 0 Å². The largest absolute Gasteiger partial charge is 0.392 e. The molecule has 8 atom stereocenters. The first-order valence-electron chi connectivity index (χ1n) is 12.3. The van der Waals surface area contributed by atoms with Gasteiger partial charge in [-0.2, -0.15) is 0 Å². The van der Waals surface area contributed by atoms with Crippen LogP contribution in [0.25, 0.3) is 0 Å². The van der Waals surface area contributed by atoms with Crippen molar-refractivity contribution in [2.45, 2.75) is 97.8 Å². The third-order valence-electron chi connectivity index (χ3n) is 10.3. The summed E-state index contributed by atoms with van der Waals surface area (Å²) in [6, 6.07) is 0. The first-order valence-corrected chi connectivity index (χ1v) is 12.3. The van der Waals surface area contributed by atoms with Gasteiger partial charge in [-0.05, 0) is 111 Å². The Bertz CT molecular complexity index is 538. The molecule has 0 amide bonds. The maximum Gasteiger partial charge on any atom is 0.0612 e. The van der Waals surface area contributed by atoms with Crippen LogP contribution < -0.4 is 0 Å². The SMILES string of the molecule is C[C@H]1CC2C3CCC(CCCC=CCO)C3(C)CC[C@@H]2C2(C)CCCCC12. The Balaban J connectivity index is 1.47. The second-order valence-electron chi connectivity index (χ2n) is 11.4. The van der Waals surface area contributed by atoms with Crippen LogP contribution in [0.3, 0.4) is 0 Å². The molecule has 0 saturated heterocycles. The van der Waals surface area contributed by atoms with Gasteiger partial charge in [0.2, 0.25) is 0 Å². The van der Waals surface area contributed by atoms with Crippen LogP contribution in [0, 0.1) is 46.3 Å². The Morgan fingerprint density at radius 3 is 2.52 bits per heavy atom. The molecule has 0 spiro atoms. The lowest BCUT2D eigenvalue weighted by Crippen LogP contribution is -2.55. The summed E-state index contributed by atoms with van der Waals surface area (Å²) in [7, 11) is 0. The summed E-state index contributed by atoms with van der Waals surface area (Å²) in [5.74, 6) is 6.00. The zero-order valence-electron chi connectivity index (χ0n) is 18.3. The van der Waals surface area contributed by atoms with Crippen molar-refractivity contribution < 1.29 is 5.11 Å². The highest BCUT2D eigenvalue weighted by Crippen LogP contribution is 2.68. The normalized spacial score (nSPS) is 49.6. The maximum absolute atomic E-state index is 8.92. The van der Waals surface area contributed by atoms with Gasteiger partial charge in [0, 0.05) is 0 Å². The van der Waals surface area contributed by atoms with Crippen molar-refractivity contribution in [3.63, 3.8) is 0 Å². The predicted molar refractivity (Wildman–Crippen MR) is 114 cm³/mol. The molecular formula is C26H44O. The molecule has 4 saturated carbocycles. The summed E-state index contributed by atoms with van der Waals surface area (Å²) in [6.07, 6.45) is 21.6. The molecule has 4 aliphatic carbocycles. The molecule has 154 valence electrons. The highest BCUT2D eigenvalue weighted by atomic mass is 16.2. The molecule has 4 rings (SSSR count). The quantitative estimate of drug-likeness (QED) is 0.407.